The second-order valence-electron chi connectivity index (χ2n) is 4.62. The molecule has 0 saturated heterocycles. The van der Waals surface area contributed by atoms with E-state index in [0.29, 0.717) is 16.3 Å². The van der Waals surface area contributed by atoms with E-state index in [1.54, 1.807) is 49.6 Å². The van der Waals surface area contributed by atoms with E-state index in [4.69, 9.17) is 21.1 Å². The predicted molar refractivity (Wildman–Crippen MR) is 88.8 cm³/mol. The molecule has 0 heterocycles. The van der Waals surface area contributed by atoms with E-state index in [0.717, 1.165) is 5.56 Å². The summed E-state index contributed by atoms with van der Waals surface area (Å²) in [4.78, 5) is 23.6. The Morgan fingerprint density at radius 2 is 1.91 bits per heavy atom. The quantitative estimate of drug-likeness (QED) is 0.459. The Balaban J connectivity index is 1.91. The van der Waals surface area contributed by atoms with Gasteiger partial charge in [-0.25, -0.2) is 4.79 Å². The lowest BCUT2D eigenvalue weighted by molar-refractivity contribution is -0.136. The van der Waals surface area contributed by atoms with E-state index in [2.05, 4.69) is 0 Å². The van der Waals surface area contributed by atoms with Gasteiger partial charge in [0.1, 0.15) is 5.75 Å². The fraction of sp³-hybridized carbons (Fsp3) is 0.111. The molecule has 0 bridgehead atoms. The molecule has 118 valence electrons. The van der Waals surface area contributed by atoms with Crippen LogP contribution in [0.15, 0.2) is 54.6 Å². The van der Waals surface area contributed by atoms with Gasteiger partial charge in [0.05, 0.1) is 12.1 Å². The van der Waals surface area contributed by atoms with Gasteiger partial charge in [-0.3, -0.25) is 4.79 Å². The van der Waals surface area contributed by atoms with Crippen molar-refractivity contribution >= 4 is 29.4 Å². The van der Waals surface area contributed by atoms with Gasteiger partial charge in [-0.1, -0.05) is 35.9 Å². The number of halogens is 1. The van der Waals surface area contributed by atoms with Gasteiger partial charge < -0.3 is 9.47 Å². The highest BCUT2D eigenvalue weighted by atomic mass is 35.5. The summed E-state index contributed by atoms with van der Waals surface area (Å²) in [5, 5.41) is 0.334. The second kappa shape index (κ2) is 8.15. The van der Waals surface area contributed by atoms with Crippen molar-refractivity contribution < 1.29 is 19.1 Å². The molecule has 23 heavy (non-hydrogen) atoms. The Bertz CT molecular complexity index is 737. The lowest BCUT2D eigenvalue weighted by atomic mass is 10.1. The van der Waals surface area contributed by atoms with Crippen molar-refractivity contribution in [3.63, 3.8) is 0 Å². The highest BCUT2D eigenvalue weighted by molar-refractivity contribution is 6.34. The third-order valence-electron chi connectivity index (χ3n) is 3.03. The van der Waals surface area contributed by atoms with Crippen LogP contribution in [0.2, 0.25) is 5.02 Å². The van der Waals surface area contributed by atoms with Gasteiger partial charge in [0.2, 0.25) is 5.78 Å². The first kappa shape index (κ1) is 16.8. The Labute approximate surface area is 139 Å². The van der Waals surface area contributed by atoms with Gasteiger partial charge in [0, 0.05) is 11.6 Å². The monoisotopic (exact) mass is 330 g/mol. The fourth-order valence-corrected chi connectivity index (χ4v) is 2.10. The van der Waals surface area contributed by atoms with Crippen LogP contribution in [0.1, 0.15) is 15.9 Å². The molecule has 0 fully saturated rings. The number of carbonyl (C=O) groups excluding carboxylic acids is 2. The number of hydrogen-bond donors (Lipinski definition) is 0. The SMILES string of the molecule is COc1cccc(/C=C/C(=O)OCC(=O)c2ccccc2Cl)c1. The molecule has 0 aliphatic rings. The van der Waals surface area contributed by atoms with Crippen LogP contribution < -0.4 is 4.74 Å². The van der Waals surface area contributed by atoms with E-state index in [1.807, 2.05) is 12.1 Å². The topological polar surface area (TPSA) is 52.6 Å². The molecule has 0 aromatic heterocycles. The van der Waals surface area contributed by atoms with Crippen LogP contribution in [-0.4, -0.2) is 25.5 Å². The normalized spacial score (nSPS) is 10.5. The van der Waals surface area contributed by atoms with E-state index >= 15 is 0 Å². The number of hydrogen-bond acceptors (Lipinski definition) is 4. The molecule has 0 aliphatic heterocycles. The number of carbonyl (C=O) groups is 2. The van der Waals surface area contributed by atoms with Crippen LogP contribution in [0, 0.1) is 0 Å². The summed E-state index contributed by atoms with van der Waals surface area (Å²) in [5.74, 6) is -0.263. The maximum Gasteiger partial charge on any atom is 0.331 e. The van der Waals surface area contributed by atoms with Crippen molar-refractivity contribution in [2.24, 2.45) is 0 Å². The van der Waals surface area contributed by atoms with Crippen LogP contribution in [0.4, 0.5) is 0 Å². The lowest BCUT2D eigenvalue weighted by Gasteiger charge is -2.03. The van der Waals surface area contributed by atoms with Gasteiger partial charge in [-0.15, -0.1) is 0 Å². The molecule has 0 N–H and O–H groups in total. The number of ether oxygens (including phenoxy) is 2. The van der Waals surface area contributed by atoms with Crippen LogP contribution >= 0.6 is 11.6 Å². The third-order valence-corrected chi connectivity index (χ3v) is 3.36. The molecule has 4 nitrogen and oxygen atoms in total. The van der Waals surface area contributed by atoms with Crippen LogP contribution in [0.5, 0.6) is 5.75 Å². The van der Waals surface area contributed by atoms with Gasteiger partial charge in [0.25, 0.3) is 0 Å². The molecule has 0 aliphatic carbocycles. The van der Waals surface area contributed by atoms with Crippen LogP contribution in [-0.2, 0) is 9.53 Å². The zero-order chi connectivity index (χ0) is 16.7. The summed E-state index contributed by atoms with van der Waals surface area (Å²) in [6.45, 7) is -0.356. The number of ketones is 1. The summed E-state index contributed by atoms with van der Waals surface area (Å²) in [5.41, 5.74) is 1.12. The van der Waals surface area contributed by atoms with Gasteiger partial charge in [-0.2, -0.15) is 0 Å². The summed E-state index contributed by atoms with van der Waals surface area (Å²) in [7, 11) is 1.57. The summed E-state index contributed by atoms with van der Waals surface area (Å²) in [6.07, 6.45) is 2.85. The molecule has 0 radical (unpaired) electrons. The first-order valence-corrected chi connectivity index (χ1v) is 7.24. The average Bonchev–Trinajstić information content (AvgIpc) is 2.58. The Morgan fingerprint density at radius 3 is 2.65 bits per heavy atom. The molecule has 2 aromatic rings. The van der Waals surface area contributed by atoms with Crippen molar-refractivity contribution in [2.45, 2.75) is 0 Å². The molecule has 0 saturated carbocycles. The van der Waals surface area contributed by atoms with E-state index in [1.165, 1.54) is 6.08 Å². The van der Waals surface area contributed by atoms with Crippen molar-refractivity contribution in [3.05, 3.63) is 70.8 Å². The van der Waals surface area contributed by atoms with Crippen molar-refractivity contribution in [3.8, 4) is 5.75 Å². The summed E-state index contributed by atoms with van der Waals surface area (Å²) >= 11 is 5.92. The number of benzene rings is 2. The van der Waals surface area contributed by atoms with Gasteiger partial charge in [-0.05, 0) is 35.9 Å². The highest BCUT2D eigenvalue weighted by Gasteiger charge is 2.11. The predicted octanol–water partition coefficient (Wildman–Crippen LogP) is 3.79. The molecule has 2 rings (SSSR count). The van der Waals surface area contributed by atoms with E-state index < -0.39 is 5.97 Å². The zero-order valence-corrected chi connectivity index (χ0v) is 13.2. The smallest absolute Gasteiger partial charge is 0.331 e. The number of Topliss-reactive ketones (excluding diaryl/α,β-unsaturated/α-hetero) is 1. The van der Waals surface area contributed by atoms with Crippen molar-refractivity contribution in [1.29, 1.82) is 0 Å². The van der Waals surface area contributed by atoms with E-state index in [9.17, 15) is 9.59 Å². The molecule has 5 heteroatoms. The molecule has 0 unspecified atom stereocenters. The van der Waals surface area contributed by atoms with Crippen LogP contribution in [0.3, 0.4) is 0 Å². The number of methoxy groups -OCH3 is 1. The third kappa shape index (κ3) is 4.97. The van der Waals surface area contributed by atoms with Crippen molar-refractivity contribution in [2.75, 3.05) is 13.7 Å². The maximum absolute atomic E-state index is 11.9. The Kier molecular flexibility index (Phi) is 5.94. The van der Waals surface area contributed by atoms with Crippen molar-refractivity contribution in [1.82, 2.24) is 0 Å². The highest BCUT2D eigenvalue weighted by Crippen LogP contribution is 2.16. The minimum Gasteiger partial charge on any atom is -0.497 e. The minimum atomic E-state index is -0.603. The Hall–Kier alpha value is -2.59. The first-order chi connectivity index (χ1) is 11.1. The molecule has 2 aromatic carbocycles. The maximum atomic E-state index is 11.9. The van der Waals surface area contributed by atoms with E-state index in [-0.39, 0.29) is 12.4 Å². The fourth-order valence-electron chi connectivity index (χ4n) is 1.86. The largest absolute Gasteiger partial charge is 0.497 e. The average molecular weight is 331 g/mol. The first-order valence-electron chi connectivity index (χ1n) is 6.87. The molecule has 0 amide bonds. The number of rotatable bonds is 6. The standard InChI is InChI=1S/C18H15ClO4/c1-22-14-6-4-5-13(11-14)9-10-18(21)23-12-17(20)15-7-2-3-8-16(15)19/h2-11H,12H2,1H3/b10-9+. The minimum absolute atomic E-state index is 0.332. The Morgan fingerprint density at radius 1 is 1.13 bits per heavy atom. The number of esters is 1. The summed E-state index contributed by atoms with van der Waals surface area (Å²) < 4.78 is 10.0. The molecule has 0 spiro atoms. The zero-order valence-electron chi connectivity index (χ0n) is 12.5. The molecular weight excluding hydrogens is 316 g/mol. The van der Waals surface area contributed by atoms with Gasteiger partial charge >= 0.3 is 5.97 Å². The summed E-state index contributed by atoms with van der Waals surface area (Å²) in [6, 6.07) is 13.8. The van der Waals surface area contributed by atoms with Gasteiger partial charge in [0.15, 0.2) is 6.61 Å². The van der Waals surface area contributed by atoms with Crippen LogP contribution in [0.25, 0.3) is 6.08 Å². The lowest BCUT2D eigenvalue weighted by Crippen LogP contribution is -2.12. The molecular formula is C18H15ClO4. The second-order valence-corrected chi connectivity index (χ2v) is 5.03. The molecule has 0 atom stereocenters.